The lowest BCUT2D eigenvalue weighted by molar-refractivity contribution is 0.0939. The first kappa shape index (κ1) is 13.9. The van der Waals surface area contributed by atoms with Crippen LogP contribution in [0.3, 0.4) is 0 Å². The Morgan fingerprint density at radius 2 is 2.24 bits per heavy atom. The zero-order chi connectivity index (χ0) is 12.8. The predicted octanol–water partition coefficient (Wildman–Crippen LogP) is 2.45. The Hall–Kier alpha value is -1.16. The molecule has 0 bridgehead atoms. The molecule has 0 spiro atoms. The normalized spacial score (nSPS) is 12.2. The van der Waals surface area contributed by atoms with Crippen LogP contribution in [0, 0.1) is 6.92 Å². The molecule has 0 fully saturated rings. The number of nitrogen functional groups attached to an aromatic ring is 1. The van der Waals surface area contributed by atoms with Crippen LogP contribution in [-0.2, 0) is 0 Å². The number of carbonyl (C=O) groups is 1. The van der Waals surface area contributed by atoms with Gasteiger partial charge in [-0.15, -0.1) is 0 Å². The zero-order valence-corrected chi connectivity index (χ0v) is 11.4. The summed E-state index contributed by atoms with van der Waals surface area (Å²) >= 11 is 1.74. The number of anilines is 1. The predicted molar refractivity (Wildman–Crippen MR) is 75.5 cm³/mol. The Morgan fingerprint density at radius 1 is 1.53 bits per heavy atom. The Kier molecular flexibility index (Phi) is 5.35. The fourth-order valence-corrected chi connectivity index (χ4v) is 2.39. The lowest BCUT2D eigenvalue weighted by Crippen LogP contribution is -2.36. The molecule has 0 saturated heterocycles. The largest absolute Gasteiger partial charge is 0.399 e. The molecule has 0 heterocycles. The van der Waals surface area contributed by atoms with E-state index in [9.17, 15) is 4.79 Å². The number of thioether (sulfide) groups is 1. The van der Waals surface area contributed by atoms with Crippen LogP contribution in [0.1, 0.15) is 29.3 Å². The maximum atomic E-state index is 12.1. The minimum Gasteiger partial charge on any atom is -0.399 e. The topological polar surface area (TPSA) is 55.1 Å². The summed E-state index contributed by atoms with van der Waals surface area (Å²) in [6, 6.07) is 5.60. The molecule has 1 amide bonds. The van der Waals surface area contributed by atoms with Gasteiger partial charge in [-0.25, -0.2) is 0 Å². The summed E-state index contributed by atoms with van der Waals surface area (Å²) in [6.45, 7) is 3.98. The summed E-state index contributed by atoms with van der Waals surface area (Å²) in [5, 5.41) is 3.04. The molecule has 1 aromatic carbocycles. The molecule has 0 aliphatic rings. The number of nitrogens with two attached hydrogens (primary N) is 1. The third kappa shape index (κ3) is 3.97. The van der Waals surface area contributed by atoms with E-state index in [1.54, 1.807) is 23.9 Å². The first-order valence-electron chi connectivity index (χ1n) is 5.74. The summed E-state index contributed by atoms with van der Waals surface area (Å²) in [7, 11) is 0. The standard InChI is InChI=1S/C13H20N2OS/c1-4-11(8-17-3)15-13(16)12-6-5-10(14)7-9(12)2/h5-7,11H,4,8,14H2,1-3H3,(H,15,16). The molecule has 17 heavy (non-hydrogen) atoms. The van der Waals surface area contributed by atoms with Crippen molar-refractivity contribution in [2.75, 3.05) is 17.7 Å². The Bertz CT molecular complexity index is 393. The van der Waals surface area contributed by atoms with Crippen molar-refractivity contribution >= 4 is 23.4 Å². The Balaban J connectivity index is 2.75. The van der Waals surface area contributed by atoms with Crippen molar-refractivity contribution in [2.45, 2.75) is 26.3 Å². The fourth-order valence-electron chi connectivity index (χ4n) is 1.67. The van der Waals surface area contributed by atoms with E-state index in [2.05, 4.69) is 12.2 Å². The molecule has 1 aromatic rings. The highest BCUT2D eigenvalue weighted by Gasteiger charge is 2.13. The molecular weight excluding hydrogens is 232 g/mol. The van der Waals surface area contributed by atoms with E-state index >= 15 is 0 Å². The van der Waals surface area contributed by atoms with Crippen LogP contribution in [-0.4, -0.2) is 24.0 Å². The van der Waals surface area contributed by atoms with Crippen molar-refractivity contribution in [2.24, 2.45) is 0 Å². The van der Waals surface area contributed by atoms with E-state index in [4.69, 9.17) is 5.73 Å². The van der Waals surface area contributed by atoms with Crippen molar-refractivity contribution < 1.29 is 4.79 Å². The van der Waals surface area contributed by atoms with Gasteiger partial charge in [0.15, 0.2) is 0 Å². The first-order valence-corrected chi connectivity index (χ1v) is 7.13. The molecule has 1 rings (SSSR count). The number of hydrogen-bond acceptors (Lipinski definition) is 3. The highest BCUT2D eigenvalue weighted by atomic mass is 32.2. The molecule has 0 aliphatic heterocycles. The van der Waals surface area contributed by atoms with E-state index in [0.29, 0.717) is 11.3 Å². The van der Waals surface area contributed by atoms with Gasteiger partial charge in [0.2, 0.25) is 0 Å². The van der Waals surface area contributed by atoms with Crippen LogP contribution >= 0.6 is 11.8 Å². The molecule has 3 nitrogen and oxygen atoms in total. The molecule has 0 saturated carbocycles. The van der Waals surface area contributed by atoms with Gasteiger partial charge in [0.25, 0.3) is 5.91 Å². The van der Waals surface area contributed by atoms with E-state index in [1.807, 2.05) is 19.2 Å². The molecule has 0 aliphatic carbocycles. The van der Waals surface area contributed by atoms with Crippen molar-refractivity contribution in [1.82, 2.24) is 5.32 Å². The Morgan fingerprint density at radius 3 is 2.76 bits per heavy atom. The lowest BCUT2D eigenvalue weighted by Gasteiger charge is -2.16. The van der Waals surface area contributed by atoms with Crippen molar-refractivity contribution in [3.05, 3.63) is 29.3 Å². The third-order valence-electron chi connectivity index (χ3n) is 2.69. The van der Waals surface area contributed by atoms with Gasteiger partial charge in [-0.2, -0.15) is 11.8 Å². The summed E-state index contributed by atoms with van der Waals surface area (Å²) in [6.07, 6.45) is 2.99. The van der Waals surface area contributed by atoms with Gasteiger partial charge < -0.3 is 11.1 Å². The van der Waals surface area contributed by atoms with Gasteiger partial charge in [-0.3, -0.25) is 4.79 Å². The van der Waals surface area contributed by atoms with Gasteiger partial charge in [-0.1, -0.05) is 6.92 Å². The summed E-state index contributed by atoms with van der Waals surface area (Å²) in [5.74, 6) is 0.930. The number of benzene rings is 1. The molecular formula is C13H20N2OS. The second-order valence-corrected chi connectivity index (χ2v) is 5.02. The quantitative estimate of drug-likeness (QED) is 0.791. The van der Waals surface area contributed by atoms with E-state index in [0.717, 1.165) is 17.7 Å². The minimum absolute atomic E-state index is 0.0107. The molecule has 1 unspecified atom stereocenters. The fraction of sp³-hybridized carbons (Fsp3) is 0.462. The second kappa shape index (κ2) is 6.55. The van der Waals surface area contributed by atoms with Crippen LogP contribution in [0.5, 0.6) is 0 Å². The highest BCUT2D eigenvalue weighted by molar-refractivity contribution is 7.98. The smallest absolute Gasteiger partial charge is 0.251 e. The molecule has 94 valence electrons. The van der Waals surface area contributed by atoms with Gasteiger partial charge in [0.1, 0.15) is 0 Å². The van der Waals surface area contributed by atoms with Crippen LogP contribution < -0.4 is 11.1 Å². The van der Waals surface area contributed by atoms with Crippen molar-refractivity contribution in [1.29, 1.82) is 0 Å². The number of hydrogen-bond donors (Lipinski definition) is 2. The first-order chi connectivity index (χ1) is 8.08. The molecule has 3 N–H and O–H groups in total. The van der Waals surface area contributed by atoms with Gasteiger partial charge in [-0.05, 0) is 43.4 Å². The van der Waals surface area contributed by atoms with Crippen LogP contribution in [0.2, 0.25) is 0 Å². The number of carbonyl (C=O) groups excluding carboxylic acids is 1. The zero-order valence-electron chi connectivity index (χ0n) is 10.6. The van der Waals surface area contributed by atoms with Gasteiger partial charge >= 0.3 is 0 Å². The average molecular weight is 252 g/mol. The molecule has 4 heteroatoms. The minimum atomic E-state index is -0.0107. The van der Waals surface area contributed by atoms with Gasteiger partial charge in [0.05, 0.1) is 0 Å². The van der Waals surface area contributed by atoms with Crippen LogP contribution in [0.4, 0.5) is 5.69 Å². The van der Waals surface area contributed by atoms with E-state index in [1.165, 1.54) is 0 Å². The second-order valence-electron chi connectivity index (χ2n) is 4.11. The number of rotatable bonds is 5. The number of amides is 1. The summed E-state index contributed by atoms with van der Waals surface area (Å²) < 4.78 is 0. The lowest BCUT2D eigenvalue weighted by atomic mass is 10.1. The van der Waals surface area contributed by atoms with Crippen LogP contribution in [0.15, 0.2) is 18.2 Å². The maximum absolute atomic E-state index is 12.1. The maximum Gasteiger partial charge on any atom is 0.251 e. The summed E-state index contributed by atoms with van der Waals surface area (Å²) in [4.78, 5) is 12.1. The van der Waals surface area contributed by atoms with Crippen molar-refractivity contribution in [3.63, 3.8) is 0 Å². The van der Waals surface area contributed by atoms with E-state index in [-0.39, 0.29) is 11.9 Å². The molecule has 1 atom stereocenters. The monoisotopic (exact) mass is 252 g/mol. The van der Waals surface area contributed by atoms with Gasteiger partial charge in [0, 0.05) is 23.0 Å². The number of aryl methyl sites for hydroxylation is 1. The number of nitrogens with one attached hydrogen (secondary N) is 1. The third-order valence-corrected chi connectivity index (χ3v) is 3.43. The average Bonchev–Trinajstić information content (AvgIpc) is 2.28. The molecule has 0 aromatic heterocycles. The summed E-state index contributed by atoms with van der Waals surface area (Å²) in [5.41, 5.74) is 7.98. The van der Waals surface area contributed by atoms with Crippen molar-refractivity contribution in [3.8, 4) is 0 Å². The molecule has 0 radical (unpaired) electrons. The van der Waals surface area contributed by atoms with E-state index < -0.39 is 0 Å². The SMILES string of the molecule is CCC(CSC)NC(=O)c1ccc(N)cc1C. The Labute approximate surface area is 107 Å². The van der Waals surface area contributed by atoms with Crippen LogP contribution in [0.25, 0.3) is 0 Å². The highest BCUT2D eigenvalue weighted by Crippen LogP contribution is 2.13.